The fraction of sp³-hybridized carbons (Fsp3) is 0. The molecule has 0 fully saturated rings. The Morgan fingerprint density at radius 1 is 1.83 bits per heavy atom. The second-order valence-corrected chi connectivity index (χ2v) is 0.349. The zero-order chi connectivity index (χ0) is 4.28. The zero-order valence-corrected chi connectivity index (χ0v) is 3.48. The smallest absolute Gasteiger partial charge is 0.499 e. The third-order valence-electron chi connectivity index (χ3n) is 0.0713. The van der Waals surface area contributed by atoms with Crippen molar-refractivity contribution in [2.75, 3.05) is 0 Å². The van der Waals surface area contributed by atoms with Crippen LogP contribution < -0.4 is 5.26 Å². The third kappa shape index (κ3) is 9.30. The van der Waals surface area contributed by atoms with Crippen molar-refractivity contribution < 1.29 is 36.5 Å². The molecular weight excluding hydrogens is 135 g/mol. The molecule has 0 aliphatic rings. The van der Waals surface area contributed by atoms with Crippen molar-refractivity contribution in [1.29, 1.82) is 0 Å². The van der Waals surface area contributed by atoms with Crippen LogP contribution in [0.2, 0.25) is 0 Å². The molecule has 0 aliphatic carbocycles. The molecule has 0 aliphatic heterocycles. The van der Waals surface area contributed by atoms with E-state index in [-0.39, 0.29) is 16.5 Å². The summed E-state index contributed by atoms with van der Waals surface area (Å²) >= 11 is 0. The van der Waals surface area contributed by atoms with Crippen molar-refractivity contribution in [3.8, 4) is 0 Å². The summed E-state index contributed by atoms with van der Waals surface area (Å²) < 4.78 is 0. The number of carbonyl (C=O) groups is 1. The fourth-order valence-electron chi connectivity index (χ4n) is 0. The maximum absolute atomic E-state index is 8.83. The summed E-state index contributed by atoms with van der Waals surface area (Å²) in [5.74, 6) is 0. The molecule has 0 saturated carbocycles. The van der Waals surface area contributed by atoms with E-state index >= 15 is 0 Å². The first-order valence-electron chi connectivity index (χ1n) is 0.799. The average Bonchev–Trinajstić information content (AvgIpc) is 1.38. The summed E-state index contributed by atoms with van der Waals surface area (Å²) in [6.45, 7) is 0. The molecule has 0 unspecified atom stereocenters. The standard InChI is InChI=1S/CH2O4.Ni/c2-1(3)5-4;/h4H,(H,2,3);/p-1. The van der Waals surface area contributed by atoms with Crippen LogP contribution in [0.4, 0.5) is 4.79 Å². The summed E-state index contributed by atoms with van der Waals surface area (Å²) in [5, 5.41) is 15.7. The Kier molecular flexibility index (Phi) is 7.25. The Morgan fingerprint density at radius 3 is 2.00 bits per heavy atom. The van der Waals surface area contributed by atoms with Crippen molar-refractivity contribution in [3.63, 3.8) is 0 Å². The molecule has 40 valence electrons. The van der Waals surface area contributed by atoms with Gasteiger partial charge in [0.15, 0.2) is 0 Å². The van der Waals surface area contributed by atoms with Gasteiger partial charge in [-0.15, -0.1) is 0 Å². The van der Waals surface area contributed by atoms with Crippen LogP contribution in [0.3, 0.4) is 0 Å². The molecule has 4 nitrogen and oxygen atoms in total. The molecule has 0 saturated heterocycles. The van der Waals surface area contributed by atoms with E-state index in [4.69, 9.17) is 15.2 Å². The molecule has 1 N–H and O–H groups in total. The van der Waals surface area contributed by atoms with Crippen LogP contribution in [0.25, 0.3) is 0 Å². The van der Waals surface area contributed by atoms with Crippen LogP contribution in [0.15, 0.2) is 0 Å². The number of hydrogen-bond acceptors (Lipinski definition) is 3. The predicted molar refractivity (Wildman–Crippen MR) is 9.11 cm³/mol. The molecule has 0 heterocycles. The summed E-state index contributed by atoms with van der Waals surface area (Å²) in [6.07, 6.45) is -1.80. The van der Waals surface area contributed by atoms with Crippen molar-refractivity contribution in [3.05, 3.63) is 0 Å². The molecule has 0 aromatic rings. The number of hydrogen-bond donors (Lipinski definition) is 1. The predicted octanol–water partition coefficient (Wildman–Crippen LogP) is -1.05. The van der Waals surface area contributed by atoms with Crippen molar-refractivity contribution in [2.24, 2.45) is 0 Å². The van der Waals surface area contributed by atoms with Gasteiger partial charge in [0.2, 0.25) is 0 Å². The zero-order valence-electron chi connectivity index (χ0n) is 2.49. The largest absolute Gasteiger partial charge is 0.659 e. The first kappa shape index (κ1) is 9.21. The van der Waals surface area contributed by atoms with Gasteiger partial charge < -0.3 is 15.3 Å². The number of carboxylic acid groups (broad SMARTS) is 1. The minimum Gasteiger partial charge on any atom is -0.659 e. The van der Waals surface area contributed by atoms with Gasteiger partial charge in [-0.2, -0.15) is 0 Å². The van der Waals surface area contributed by atoms with Gasteiger partial charge in [0.05, 0.1) is 0 Å². The minimum atomic E-state index is -1.80. The number of rotatable bonds is 0. The van der Waals surface area contributed by atoms with E-state index in [1.54, 1.807) is 0 Å². The maximum Gasteiger partial charge on any atom is 0.499 e. The quantitative estimate of drug-likeness (QED) is 0.262. The van der Waals surface area contributed by atoms with Crippen molar-refractivity contribution in [2.45, 2.75) is 0 Å². The van der Waals surface area contributed by atoms with E-state index < -0.39 is 6.16 Å². The Balaban J connectivity index is 0. The first-order valence-corrected chi connectivity index (χ1v) is 0.799. The summed E-state index contributed by atoms with van der Waals surface area (Å²) in [6, 6.07) is 0. The van der Waals surface area contributed by atoms with Gasteiger partial charge in [0.25, 0.3) is 0 Å². The van der Waals surface area contributed by atoms with Gasteiger partial charge in [-0.05, 0) is 0 Å². The topological polar surface area (TPSA) is 69.6 Å². The second-order valence-electron chi connectivity index (χ2n) is 0.349. The molecule has 6 heavy (non-hydrogen) atoms. The molecule has 0 aromatic carbocycles. The van der Waals surface area contributed by atoms with Crippen LogP contribution in [0.5, 0.6) is 0 Å². The van der Waals surface area contributed by atoms with E-state index in [1.165, 1.54) is 0 Å². The van der Waals surface area contributed by atoms with Crippen LogP contribution in [-0.4, -0.2) is 11.3 Å². The average molecular weight is 136 g/mol. The second kappa shape index (κ2) is 4.72. The van der Waals surface area contributed by atoms with Gasteiger partial charge in [-0.25, -0.2) is 4.79 Å². The monoisotopic (exact) mass is 135 g/mol. The third-order valence-corrected chi connectivity index (χ3v) is 0.0713. The van der Waals surface area contributed by atoms with Crippen LogP contribution in [-0.2, 0) is 21.4 Å². The summed E-state index contributed by atoms with van der Waals surface area (Å²) in [4.78, 5) is 11.2. The van der Waals surface area contributed by atoms with Crippen molar-refractivity contribution in [1.82, 2.24) is 0 Å². The van der Waals surface area contributed by atoms with Gasteiger partial charge in [0.1, 0.15) is 0 Å². The van der Waals surface area contributed by atoms with E-state index in [2.05, 4.69) is 4.89 Å². The SMILES string of the molecule is O=C(O)O[O-].[Ni]. The normalized spacial score (nSPS) is 5.50. The molecule has 0 spiro atoms. The van der Waals surface area contributed by atoms with Crippen LogP contribution in [0.1, 0.15) is 0 Å². The van der Waals surface area contributed by atoms with E-state index in [0.717, 1.165) is 0 Å². The Labute approximate surface area is 43.6 Å². The molecule has 0 atom stereocenters. The molecular formula is CHNiO4-. The van der Waals surface area contributed by atoms with Gasteiger partial charge in [-0.1, -0.05) is 0 Å². The molecule has 0 amide bonds. The maximum atomic E-state index is 8.83. The molecule has 0 aromatic heterocycles. The Hall–Kier alpha value is -0.276. The molecule has 5 heteroatoms. The van der Waals surface area contributed by atoms with Crippen LogP contribution >= 0.6 is 0 Å². The van der Waals surface area contributed by atoms with Gasteiger partial charge in [0, 0.05) is 16.5 Å². The Morgan fingerprint density at radius 2 is 2.00 bits per heavy atom. The van der Waals surface area contributed by atoms with E-state index in [0.29, 0.717) is 0 Å². The summed E-state index contributed by atoms with van der Waals surface area (Å²) in [5.41, 5.74) is 0. The van der Waals surface area contributed by atoms with Gasteiger partial charge in [-0.3, -0.25) is 0 Å². The molecule has 0 bridgehead atoms. The summed E-state index contributed by atoms with van der Waals surface area (Å²) in [7, 11) is 0. The molecule has 0 radical (unpaired) electrons. The van der Waals surface area contributed by atoms with Crippen LogP contribution in [0, 0.1) is 0 Å². The van der Waals surface area contributed by atoms with Gasteiger partial charge >= 0.3 is 6.16 Å². The molecule has 0 rings (SSSR count). The minimum absolute atomic E-state index is 0. The van der Waals surface area contributed by atoms with E-state index in [9.17, 15) is 0 Å². The van der Waals surface area contributed by atoms with E-state index in [1.807, 2.05) is 0 Å². The first-order chi connectivity index (χ1) is 2.27. The Bertz CT molecular complexity index is 42.8. The van der Waals surface area contributed by atoms with Crippen molar-refractivity contribution >= 4 is 6.16 Å². The fourth-order valence-corrected chi connectivity index (χ4v) is 0.